The molecule has 5 nitrogen and oxygen atoms in total. The monoisotopic (exact) mass is 367 g/mol. The summed E-state index contributed by atoms with van der Waals surface area (Å²) >= 11 is 0. The predicted octanol–water partition coefficient (Wildman–Crippen LogP) is 3.54. The van der Waals surface area contributed by atoms with Crippen molar-refractivity contribution in [2.75, 3.05) is 38.9 Å². The molecule has 3 heterocycles. The molecular formula is C22H25NO4. The van der Waals surface area contributed by atoms with E-state index in [-0.39, 0.29) is 11.8 Å². The number of nitrogens with zero attached hydrogens (tertiary/aromatic N) is 1. The van der Waals surface area contributed by atoms with Gasteiger partial charge in [-0.05, 0) is 36.1 Å². The van der Waals surface area contributed by atoms with Crippen LogP contribution in [-0.4, -0.2) is 39.9 Å². The van der Waals surface area contributed by atoms with Crippen LogP contribution < -0.4 is 14.4 Å². The highest BCUT2D eigenvalue weighted by molar-refractivity contribution is 6.07. The van der Waals surface area contributed by atoms with E-state index in [1.165, 1.54) is 12.8 Å². The number of rotatable bonds is 2. The van der Waals surface area contributed by atoms with Gasteiger partial charge in [0.15, 0.2) is 0 Å². The Morgan fingerprint density at radius 2 is 1.85 bits per heavy atom. The largest absolute Gasteiger partial charge is 0.496 e. The lowest BCUT2D eigenvalue weighted by atomic mass is 9.90. The summed E-state index contributed by atoms with van der Waals surface area (Å²) < 4.78 is 16.1. The first-order valence-corrected chi connectivity index (χ1v) is 9.48. The number of amides is 1. The number of hydrogen-bond donors (Lipinski definition) is 0. The molecule has 0 saturated carbocycles. The van der Waals surface area contributed by atoms with Gasteiger partial charge in [-0.25, -0.2) is 0 Å². The Labute approximate surface area is 159 Å². The molecule has 2 aromatic rings. The summed E-state index contributed by atoms with van der Waals surface area (Å²) in [6.45, 7) is 2.69. The summed E-state index contributed by atoms with van der Waals surface area (Å²) in [5.74, 6) is 1.36. The number of methoxy groups -OCH3 is 1. The van der Waals surface area contributed by atoms with Crippen LogP contribution in [0.5, 0.6) is 11.5 Å². The zero-order valence-corrected chi connectivity index (χ0v) is 15.9. The highest BCUT2D eigenvalue weighted by Gasteiger charge is 2.38. The summed E-state index contributed by atoms with van der Waals surface area (Å²) in [5, 5.41) is 0. The lowest BCUT2D eigenvalue weighted by Gasteiger charge is -2.16. The highest BCUT2D eigenvalue weighted by atomic mass is 16.5. The molecule has 1 amide bonds. The van der Waals surface area contributed by atoms with Gasteiger partial charge in [-0.3, -0.25) is 4.79 Å². The molecule has 0 aromatic heterocycles. The number of benzene rings is 2. The van der Waals surface area contributed by atoms with Crippen molar-refractivity contribution in [3.8, 4) is 11.5 Å². The fraction of sp³-hybridized carbons (Fsp3) is 0.409. The lowest BCUT2D eigenvalue weighted by Crippen LogP contribution is -2.24. The number of para-hydroxylation sites is 1. The summed E-state index contributed by atoms with van der Waals surface area (Å²) in [6.07, 6.45) is 3.44. The van der Waals surface area contributed by atoms with Gasteiger partial charge in [0.1, 0.15) is 11.5 Å². The topological polar surface area (TPSA) is 48.0 Å². The van der Waals surface area contributed by atoms with Gasteiger partial charge in [0.2, 0.25) is 5.91 Å². The fourth-order valence-electron chi connectivity index (χ4n) is 3.92. The van der Waals surface area contributed by atoms with Crippen molar-refractivity contribution in [2.24, 2.45) is 0 Å². The van der Waals surface area contributed by atoms with E-state index in [1.807, 2.05) is 37.4 Å². The third kappa shape index (κ3) is 3.28. The second kappa shape index (κ2) is 7.61. The molecule has 1 unspecified atom stereocenters. The van der Waals surface area contributed by atoms with Crippen LogP contribution >= 0.6 is 0 Å². The Morgan fingerprint density at radius 1 is 1.07 bits per heavy atom. The van der Waals surface area contributed by atoms with Crippen LogP contribution in [-0.2, 0) is 16.0 Å². The van der Waals surface area contributed by atoms with E-state index in [1.54, 1.807) is 12.0 Å². The van der Waals surface area contributed by atoms with Crippen LogP contribution in [0.25, 0.3) is 0 Å². The second-order valence-electron chi connectivity index (χ2n) is 7.01. The van der Waals surface area contributed by atoms with E-state index in [4.69, 9.17) is 14.2 Å². The third-order valence-electron chi connectivity index (χ3n) is 5.37. The van der Waals surface area contributed by atoms with Gasteiger partial charge >= 0.3 is 0 Å². The Kier molecular flexibility index (Phi) is 5.03. The van der Waals surface area contributed by atoms with Gasteiger partial charge in [0.25, 0.3) is 0 Å². The van der Waals surface area contributed by atoms with Gasteiger partial charge in [0.05, 0.1) is 19.6 Å². The molecule has 0 N–H and O–H groups in total. The van der Waals surface area contributed by atoms with E-state index in [0.717, 1.165) is 47.8 Å². The molecule has 1 fully saturated rings. The molecule has 1 atom stereocenters. The molecule has 0 bridgehead atoms. The number of likely N-dealkylation sites (N-methyl/N-ethyl adjacent to an activating group) is 1. The minimum Gasteiger partial charge on any atom is -0.496 e. The van der Waals surface area contributed by atoms with E-state index < -0.39 is 0 Å². The average molecular weight is 367 g/mol. The zero-order chi connectivity index (χ0) is 18.8. The zero-order valence-electron chi connectivity index (χ0n) is 15.9. The second-order valence-corrected chi connectivity index (χ2v) is 7.01. The van der Waals surface area contributed by atoms with Crippen molar-refractivity contribution in [3.05, 3.63) is 53.1 Å². The number of ether oxygens (including phenoxy) is 3. The Bertz CT molecular complexity index is 837. The van der Waals surface area contributed by atoms with Gasteiger partial charge in [-0.15, -0.1) is 0 Å². The van der Waals surface area contributed by atoms with Crippen molar-refractivity contribution < 1.29 is 19.0 Å². The molecule has 2 aromatic carbocycles. The summed E-state index contributed by atoms with van der Waals surface area (Å²) in [7, 11) is 3.46. The molecule has 0 spiro atoms. The minimum atomic E-state index is -0.304. The van der Waals surface area contributed by atoms with E-state index in [2.05, 4.69) is 6.07 Å². The maximum atomic E-state index is 12.8. The van der Waals surface area contributed by atoms with E-state index in [9.17, 15) is 4.79 Å². The Hall–Kier alpha value is -2.53. The standard InChI is InChI=1S/C18H17NO3.C4H8O/c1-19-14-6-4-3-5-12(14)17(18(19)20)13-9-11-7-8-22-15(11)10-16(13)21-2;1-2-4-5-3-1/h3-6,9-10,17H,7-8H2,1-2H3;1-4H2. The van der Waals surface area contributed by atoms with Crippen LogP contribution in [0.2, 0.25) is 0 Å². The van der Waals surface area contributed by atoms with Crippen molar-refractivity contribution in [1.82, 2.24) is 0 Å². The van der Waals surface area contributed by atoms with Crippen LogP contribution in [0, 0.1) is 0 Å². The minimum absolute atomic E-state index is 0.0818. The van der Waals surface area contributed by atoms with Crippen LogP contribution in [0.1, 0.15) is 35.4 Å². The molecule has 3 aliphatic rings. The quantitative estimate of drug-likeness (QED) is 0.815. The van der Waals surface area contributed by atoms with E-state index in [0.29, 0.717) is 12.4 Å². The van der Waals surface area contributed by atoms with Crippen molar-refractivity contribution in [1.29, 1.82) is 0 Å². The molecule has 0 aliphatic carbocycles. The van der Waals surface area contributed by atoms with Crippen molar-refractivity contribution in [2.45, 2.75) is 25.2 Å². The average Bonchev–Trinajstić information content (AvgIpc) is 3.44. The lowest BCUT2D eigenvalue weighted by molar-refractivity contribution is -0.118. The first kappa shape index (κ1) is 17.9. The molecule has 142 valence electrons. The van der Waals surface area contributed by atoms with Gasteiger partial charge in [-0.1, -0.05) is 18.2 Å². The molecule has 1 saturated heterocycles. The molecule has 5 rings (SSSR count). The van der Waals surface area contributed by atoms with Gasteiger partial charge in [0, 0.05) is 44.0 Å². The third-order valence-corrected chi connectivity index (χ3v) is 5.37. The number of anilines is 1. The first-order valence-electron chi connectivity index (χ1n) is 9.48. The molecule has 27 heavy (non-hydrogen) atoms. The summed E-state index contributed by atoms with van der Waals surface area (Å²) in [5.41, 5.74) is 4.08. The maximum Gasteiger partial charge on any atom is 0.238 e. The van der Waals surface area contributed by atoms with Crippen molar-refractivity contribution in [3.63, 3.8) is 0 Å². The normalized spacial score (nSPS) is 19.9. The van der Waals surface area contributed by atoms with Crippen LogP contribution in [0.4, 0.5) is 5.69 Å². The van der Waals surface area contributed by atoms with E-state index >= 15 is 0 Å². The predicted molar refractivity (Wildman–Crippen MR) is 104 cm³/mol. The Morgan fingerprint density at radius 3 is 2.56 bits per heavy atom. The van der Waals surface area contributed by atoms with Crippen molar-refractivity contribution >= 4 is 11.6 Å². The number of hydrogen-bond acceptors (Lipinski definition) is 4. The molecule has 0 radical (unpaired) electrons. The Balaban J connectivity index is 0.000000314. The highest BCUT2D eigenvalue weighted by Crippen LogP contribution is 2.45. The molecule has 5 heteroatoms. The molecular weight excluding hydrogens is 342 g/mol. The van der Waals surface area contributed by atoms with Gasteiger partial charge in [-0.2, -0.15) is 0 Å². The fourth-order valence-corrected chi connectivity index (χ4v) is 3.92. The SMILES string of the molecule is C1CCOC1.COc1cc2c(cc1C1C(=O)N(C)c3ccccc31)CCO2. The summed E-state index contributed by atoms with van der Waals surface area (Å²) in [6, 6.07) is 11.9. The number of carbonyl (C=O) groups is 1. The summed E-state index contributed by atoms with van der Waals surface area (Å²) in [4.78, 5) is 14.5. The molecule has 3 aliphatic heterocycles. The number of carbonyl (C=O) groups excluding carboxylic acids is 1. The maximum absolute atomic E-state index is 12.8. The first-order chi connectivity index (χ1) is 13.2. The van der Waals surface area contributed by atoms with Crippen LogP contribution in [0.3, 0.4) is 0 Å². The smallest absolute Gasteiger partial charge is 0.238 e. The van der Waals surface area contributed by atoms with Crippen LogP contribution in [0.15, 0.2) is 36.4 Å². The number of fused-ring (bicyclic) bond motifs is 2. The van der Waals surface area contributed by atoms with Gasteiger partial charge < -0.3 is 19.1 Å².